The van der Waals surface area contributed by atoms with Crippen LogP contribution in [0.1, 0.15) is 45.5 Å². The molecule has 0 radical (unpaired) electrons. The molecule has 2 aromatic rings. The summed E-state index contributed by atoms with van der Waals surface area (Å²) in [6, 6.07) is -1.69. The van der Waals surface area contributed by atoms with Crippen molar-refractivity contribution in [3.63, 3.8) is 0 Å². The van der Waals surface area contributed by atoms with Crippen LogP contribution in [0.15, 0.2) is 5.70 Å². The van der Waals surface area contributed by atoms with Crippen molar-refractivity contribution < 1.29 is 38.7 Å². The Balaban J connectivity index is 1.69. The molecule has 0 aromatic heterocycles. The van der Waals surface area contributed by atoms with E-state index in [2.05, 4.69) is 0 Å². The third kappa shape index (κ3) is 2.85. The second-order valence-corrected chi connectivity index (χ2v) is 9.75. The molecule has 3 atom stereocenters. The van der Waals surface area contributed by atoms with Crippen LogP contribution in [-0.2, 0) is 11.2 Å². The predicted octanol–water partition coefficient (Wildman–Crippen LogP) is 2.59. The fourth-order valence-corrected chi connectivity index (χ4v) is 6.58. The molecule has 4 heterocycles. The molecule has 37 heavy (non-hydrogen) atoms. The number of hydrogen-bond donors (Lipinski definition) is 2. The Morgan fingerprint density at radius 1 is 1.00 bits per heavy atom. The number of aliphatic hydroxyl groups excluding tert-OH is 1. The van der Waals surface area contributed by atoms with Gasteiger partial charge in [-0.1, -0.05) is 0 Å². The number of aliphatic hydroxyl groups is 1. The first-order chi connectivity index (χ1) is 17.8. The van der Waals surface area contributed by atoms with E-state index < -0.39 is 18.1 Å². The third-order valence-electron chi connectivity index (χ3n) is 8.20. The van der Waals surface area contributed by atoms with Gasteiger partial charge in [0.2, 0.25) is 12.7 Å². The lowest BCUT2D eigenvalue weighted by atomic mass is 9.77. The van der Waals surface area contributed by atoms with E-state index in [1.165, 1.54) is 0 Å². The number of phenols is 1. The molecule has 0 aliphatic carbocycles. The maximum absolute atomic E-state index is 14.1. The summed E-state index contributed by atoms with van der Waals surface area (Å²) >= 11 is 0. The van der Waals surface area contributed by atoms with Gasteiger partial charge < -0.3 is 38.8 Å². The highest BCUT2D eigenvalue weighted by atomic mass is 16.7. The largest absolute Gasteiger partial charge is 0.507 e. The van der Waals surface area contributed by atoms with E-state index in [9.17, 15) is 15.0 Å². The molecule has 4 aliphatic rings. The van der Waals surface area contributed by atoms with E-state index >= 15 is 0 Å². The summed E-state index contributed by atoms with van der Waals surface area (Å²) in [6.45, 7) is 3.31. The number of carbonyl (C=O) groups excluding carboxylic acids is 1. The minimum absolute atomic E-state index is 0.00619. The van der Waals surface area contributed by atoms with Crippen molar-refractivity contribution in [1.82, 2.24) is 9.80 Å². The monoisotopic (exact) mass is 510 g/mol. The van der Waals surface area contributed by atoms with Gasteiger partial charge >= 0.3 is 0 Å². The second-order valence-electron chi connectivity index (χ2n) is 9.75. The van der Waals surface area contributed by atoms with Crippen LogP contribution in [0, 0.1) is 13.8 Å². The highest BCUT2D eigenvalue weighted by Crippen LogP contribution is 2.59. The quantitative estimate of drug-likeness (QED) is 0.641. The van der Waals surface area contributed by atoms with Gasteiger partial charge in [-0.3, -0.25) is 9.69 Å². The number of piperazine rings is 1. The lowest BCUT2D eigenvalue weighted by molar-refractivity contribution is -0.144. The van der Waals surface area contributed by atoms with Gasteiger partial charge in [0.25, 0.3) is 0 Å². The number of ether oxygens (including phenoxy) is 5. The molecule has 0 saturated carbocycles. The number of rotatable bonds is 4. The Bertz CT molecular complexity index is 1380. The summed E-state index contributed by atoms with van der Waals surface area (Å²) in [5, 5.41) is 21.9. The molecule has 4 aliphatic heterocycles. The Hall–Kier alpha value is -3.63. The van der Waals surface area contributed by atoms with Gasteiger partial charge in [0.1, 0.15) is 11.5 Å². The molecule has 0 spiro atoms. The molecule has 1 amide bonds. The molecule has 196 valence electrons. The summed E-state index contributed by atoms with van der Waals surface area (Å²) in [6.07, 6.45) is 2.21. The van der Waals surface area contributed by atoms with E-state index in [1.54, 1.807) is 33.2 Å². The molecule has 1 fully saturated rings. The first-order valence-corrected chi connectivity index (χ1v) is 12.1. The summed E-state index contributed by atoms with van der Waals surface area (Å²) in [5.41, 5.74) is 4.73. The molecule has 0 unspecified atom stereocenters. The van der Waals surface area contributed by atoms with Gasteiger partial charge in [-0.25, -0.2) is 0 Å². The Morgan fingerprint density at radius 2 is 1.68 bits per heavy atom. The van der Waals surface area contributed by atoms with E-state index in [1.807, 2.05) is 24.9 Å². The van der Waals surface area contributed by atoms with Gasteiger partial charge in [-0.2, -0.15) is 0 Å². The predicted molar refractivity (Wildman–Crippen MR) is 132 cm³/mol. The van der Waals surface area contributed by atoms with Crippen LogP contribution >= 0.6 is 0 Å². The highest BCUT2D eigenvalue weighted by Gasteiger charge is 2.53. The van der Waals surface area contributed by atoms with Gasteiger partial charge in [0, 0.05) is 45.5 Å². The van der Waals surface area contributed by atoms with Crippen molar-refractivity contribution in [3.8, 4) is 34.5 Å². The molecule has 2 bridgehead atoms. The number of benzene rings is 2. The molecular weight excluding hydrogens is 480 g/mol. The number of amides is 1. The third-order valence-corrected chi connectivity index (χ3v) is 8.20. The molecule has 6 rings (SSSR count). The zero-order valence-corrected chi connectivity index (χ0v) is 21.7. The summed E-state index contributed by atoms with van der Waals surface area (Å²) in [4.78, 5) is 17.7. The zero-order chi connectivity index (χ0) is 26.3. The van der Waals surface area contributed by atoms with Gasteiger partial charge in [0.05, 0.1) is 46.1 Å². The Morgan fingerprint density at radius 3 is 2.32 bits per heavy atom. The number of likely N-dealkylation sites (N-methyl/N-ethyl adjacent to an activating group) is 1. The van der Waals surface area contributed by atoms with Gasteiger partial charge in [-0.05, 0) is 27.0 Å². The smallest absolute Gasteiger partial charge is 0.245 e. The molecule has 2 aromatic carbocycles. The zero-order valence-electron chi connectivity index (χ0n) is 21.7. The van der Waals surface area contributed by atoms with E-state index in [4.69, 9.17) is 23.7 Å². The number of methoxy groups -OCH3 is 3. The second kappa shape index (κ2) is 8.19. The lowest BCUT2D eigenvalue weighted by Crippen LogP contribution is -2.60. The minimum atomic E-state index is -0.759. The topological polar surface area (TPSA) is 110 Å². The van der Waals surface area contributed by atoms with Crippen molar-refractivity contribution >= 4 is 12.0 Å². The normalized spacial score (nSPS) is 23.2. The molecular formula is C27H30N2O8. The summed E-state index contributed by atoms with van der Waals surface area (Å²) in [5.74, 6) is 2.56. The Kier molecular flexibility index (Phi) is 5.26. The number of aromatic hydroxyl groups is 1. The van der Waals surface area contributed by atoms with Crippen LogP contribution in [-0.4, -0.2) is 73.7 Å². The fourth-order valence-electron chi connectivity index (χ4n) is 6.58. The van der Waals surface area contributed by atoms with E-state index in [0.29, 0.717) is 57.6 Å². The standard InChI is InChI=1S/C27H30N2O8/c1-11-21(31)13-7-15-20-19-14(22(33-4)12(2)23(34-5)25(19)35-6)8-16(28(20)3)27(32)29(15)17(9-30)18(13)26-24(11)36-10-37-26/h7,16-17,20,30-31H,8-10H2,1-6H3/t16-,17-,20-/m0/s1. The average Bonchev–Trinajstić information content (AvgIpc) is 3.38. The fraction of sp³-hybridized carbons (Fsp3) is 0.444. The maximum Gasteiger partial charge on any atom is 0.245 e. The minimum Gasteiger partial charge on any atom is -0.507 e. The van der Waals surface area contributed by atoms with Crippen LogP contribution in [0.4, 0.5) is 0 Å². The van der Waals surface area contributed by atoms with Crippen LogP contribution in [0.25, 0.3) is 6.08 Å². The number of carbonyl (C=O) groups is 1. The van der Waals surface area contributed by atoms with Crippen LogP contribution in [0.2, 0.25) is 0 Å². The number of hydrogen-bond acceptors (Lipinski definition) is 9. The van der Waals surface area contributed by atoms with Crippen LogP contribution in [0.3, 0.4) is 0 Å². The van der Waals surface area contributed by atoms with E-state index in [0.717, 1.165) is 16.7 Å². The van der Waals surface area contributed by atoms with E-state index in [-0.39, 0.29) is 25.1 Å². The van der Waals surface area contributed by atoms with Crippen molar-refractivity contribution in [2.24, 2.45) is 0 Å². The number of fused-ring (bicyclic) bond motifs is 9. The first kappa shape index (κ1) is 23.7. The number of nitrogens with zero attached hydrogens (tertiary/aromatic N) is 2. The SMILES string of the molecule is COc1c(C)c(OC)c(OC)c2c1C[C@H]1C(=O)N3C(=Cc4c(O)c(C)c5c(c4[C@@H]3CO)OCO5)[C@@H]2N1C. The van der Waals surface area contributed by atoms with Crippen LogP contribution in [0.5, 0.6) is 34.5 Å². The van der Waals surface area contributed by atoms with Crippen molar-refractivity contribution in [2.45, 2.75) is 38.4 Å². The summed E-state index contributed by atoms with van der Waals surface area (Å²) in [7, 11) is 6.70. The first-order valence-electron chi connectivity index (χ1n) is 12.1. The van der Waals surface area contributed by atoms with Gasteiger partial charge in [0.15, 0.2) is 23.0 Å². The molecule has 1 saturated heterocycles. The van der Waals surface area contributed by atoms with Crippen LogP contribution < -0.4 is 23.7 Å². The molecule has 2 N–H and O–H groups in total. The van der Waals surface area contributed by atoms with Crippen molar-refractivity contribution in [2.75, 3.05) is 41.8 Å². The molecule has 10 heteroatoms. The lowest BCUT2D eigenvalue weighted by Gasteiger charge is -2.53. The summed E-state index contributed by atoms with van der Waals surface area (Å²) < 4.78 is 28.9. The average molecular weight is 511 g/mol. The van der Waals surface area contributed by atoms with Gasteiger partial charge in [-0.15, -0.1) is 0 Å². The van der Waals surface area contributed by atoms with Crippen molar-refractivity contribution in [1.29, 1.82) is 0 Å². The number of phenolic OH excluding ortho intramolecular Hbond substituents is 1. The maximum atomic E-state index is 14.1. The highest BCUT2D eigenvalue weighted by molar-refractivity contribution is 5.91. The Labute approximate surface area is 214 Å². The molecule has 10 nitrogen and oxygen atoms in total. The van der Waals surface area contributed by atoms with Crippen molar-refractivity contribution in [3.05, 3.63) is 39.1 Å².